The first kappa shape index (κ1) is 21.5. The van der Waals surface area contributed by atoms with Crippen LogP contribution in [0.15, 0.2) is 18.2 Å². The number of nitrogens with zero attached hydrogens (tertiary/aromatic N) is 1. The van der Waals surface area contributed by atoms with Gasteiger partial charge in [0, 0.05) is 12.9 Å². The average Bonchev–Trinajstić information content (AvgIpc) is 2.56. The minimum absolute atomic E-state index is 0.0730. The van der Waals surface area contributed by atoms with Crippen LogP contribution in [0.5, 0.6) is 0 Å². The van der Waals surface area contributed by atoms with Crippen LogP contribution in [0.2, 0.25) is 0 Å². The third-order valence-electron chi connectivity index (χ3n) is 3.90. The molecule has 25 heavy (non-hydrogen) atoms. The summed E-state index contributed by atoms with van der Waals surface area (Å²) in [5.74, 6) is -0.762. The molecule has 2 atom stereocenters. The molecule has 1 aromatic rings. The second kappa shape index (κ2) is 10.4. The lowest BCUT2D eigenvalue weighted by Crippen LogP contribution is -2.43. The Kier molecular flexibility index (Phi) is 8.96. The number of aryl methyl sites for hydroxylation is 2. The second-order valence-corrected chi connectivity index (χ2v) is 6.99. The Morgan fingerprint density at radius 1 is 1.40 bits per heavy atom. The van der Waals surface area contributed by atoms with Gasteiger partial charge in [-0.25, -0.2) is 0 Å². The first-order valence-corrected chi connectivity index (χ1v) is 9.44. The number of thioether (sulfide) groups is 1. The molecule has 0 aliphatic rings. The molecule has 0 radical (unpaired) electrons. The van der Waals surface area contributed by atoms with E-state index in [0.29, 0.717) is 6.61 Å². The van der Waals surface area contributed by atoms with Gasteiger partial charge in [0.2, 0.25) is 5.91 Å². The van der Waals surface area contributed by atoms with Crippen molar-refractivity contribution in [2.45, 2.75) is 39.3 Å². The van der Waals surface area contributed by atoms with Gasteiger partial charge in [-0.1, -0.05) is 25.1 Å². The zero-order valence-electron chi connectivity index (χ0n) is 15.3. The Morgan fingerprint density at radius 3 is 2.64 bits per heavy atom. The summed E-state index contributed by atoms with van der Waals surface area (Å²) in [5.41, 5.74) is 8.55. The molecule has 1 amide bonds. The van der Waals surface area contributed by atoms with Crippen molar-refractivity contribution in [1.82, 2.24) is 0 Å². The van der Waals surface area contributed by atoms with Crippen molar-refractivity contribution in [1.29, 1.82) is 0 Å². The van der Waals surface area contributed by atoms with Crippen LogP contribution in [-0.2, 0) is 20.7 Å². The highest BCUT2D eigenvalue weighted by atomic mass is 32.2. The minimum atomic E-state index is -1.06. The first-order chi connectivity index (χ1) is 11.8. The van der Waals surface area contributed by atoms with Gasteiger partial charge < -0.3 is 20.5 Å². The standard InChI is InChI=1S/C18H28N2O4S/c1-5-14-8-6-7-12(2)17(14)20(13(3)9-24-4)16(21)11-25-10-15(19)18(22)23/h6-8,13,15H,5,9-11,19H2,1-4H3,(H,22,23). The summed E-state index contributed by atoms with van der Waals surface area (Å²) < 4.78 is 5.25. The smallest absolute Gasteiger partial charge is 0.321 e. The van der Waals surface area contributed by atoms with Crippen LogP contribution in [0, 0.1) is 6.92 Å². The molecular formula is C18H28N2O4S. The van der Waals surface area contributed by atoms with Crippen molar-refractivity contribution >= 4 is 29.3 Å². The molecule has 3 N–H and O–H groups in total. The number of anilines is 1. The predicted molar refractivity (Wildman–Crippen MR) is 102 cm³/mol. The number of para-hydroxylation sites is 1. The maximum atomic E-state index is 12.9. The number of carbonyl (C=O) groups excluding carboxylic acids is 1. The number of hydrogen-bond acceptors (Lipinski definition) is 5. The van der Waals surface area contributed by atoms with Crippen molar-refractivity contribution < 1.29 is 19.4 Å². The molecule has 6 nitrogen and oxygen atoms in total. The second-order valence-electron chi connectivity index (χ2n) is 5.96. The zero-order chi connectivity index (χ0) is 19.0. The lowest BCUT2D eigenvalue weighted by molar-refractivity contribution is -0.137. The molecule has 0 saturated carbocycles. The number of carboxylic acid groups (broad SMARTS) is 1. The van der Waals surface area contributed by atoms with E-state index in [1.807, 2.05) is 32.0 Å². The normalized spacial score (nSPS) is 13.3. The summed E-state index contributed by atoms with van der Waals surface area (Å²) in [4.78, 5) is 25.5. The maximum Gasteiger partial charge on any atom is 0.321 e. The van der Waals surface area contributed by atoms with E-state index in [1.165, 1.54) is 11.8 Å². The zero-order valence-corrected chi connectivity index (χ0v) is 16.1. The number of nitrogens with two attached hydrogens (primary N) is 1. The molecule has 0 heterocycles. The van der Waals surface area contributed by atoms with Gasteiger partial charge in [-0.15, -0.1) is 11.8 Å². The van der Waals surface area contributed by atoms with Gasteiger partial charge in [0.15, 0.2) is 0 Å². The van der Waals surface area contributed by atoms with Gasteiger partial charge >= 0.3 is 5.97 Å². The fourth-order valence-corrected chi connectivity index (χ4v) is 3.50. The van der Waals surface area contributed by atoms with Crippen LogP contribution < -0.4 is 10.6 Å². The van der Waals surface area contributed by atoms with E-state index < -0.39 is 12.0 Å². The summed E-state index contributed by atoms with van der Waals surface area (Å²) in [5, 5.41) is 8.85. The molecule has 0 aromatic heterocycles. The summed E-state index contributed by atoms with van der Waals surface area (Å²) >= 11 is 1.24. The van der Waals surface area contributed by atoms with Crippen molar-refractivity contribution in [3.05, 3.63) is 29.3 Å². The number of amides is 1. The van der Waals surface area contributed by atoms with Crippen LogP contribution in [0.25, 0.3) is 0 Å². The quantitative estimate of drug-likeness (QED) is 0.657. The third kappa shape index (κ3) is 6.02. The van der Waals surface area contributed by atoms with Crippen LogP contribution >= 0.6 is 11.8 Å². The van der Waals surface area contributed by atoms with Gasteiger partial charge in [-0.3, -0.25) is 9.59 Å². The average molecular weight is 368 g/mol. The van der Waals surface area contributed by atoms with Crippen LogP contribution in [0.4, 0.5) is 5.69 Å². The van der Waals surface area contributed by atoms with Crippen LogP contribution in [0.3, 0.4) is 0 Å². The van der Waals surface area contributed by atoms with E-state index in [9.17, 15) is 9.59 Å². The monoisotopic (exact) mass is 368 g/mol. The van der Waals surface area contributed by atoms with Crippen LogP contribution in [-0.4, -0.2) is 54.3 Å². The summed E-state index contributed by atoms with van der Waals surface area (Å²) in [6, 6.07) is 4.91. The number of rotatable bonds is 10. The van der Waals surface area contributed by atoms with Crippen LogP contribution in [0.1, 0.15) is 25.0 Å². The number of carbonyl (C=O) groups is 2. The molecule has 0 fully saturated rings. The van der Waals surface area contributed by atoms with Crippen molar-refractivity contribution in [3.8, 4) is 0 Å². The Morgan fingerprint density at radius 2 is 2.08 bits per heavy atom. The van der Waals surface area contributed by atoms with Gasteiger partial charge in [-0.05, 0) is 31.4 Å². The largest absolute Gasteiger partial charge is 0.480 e. The summed E-state index contributed by atoms with van der Waals surface area (Å²) in [7, 11) is 1.61. The van der Waals surface area contributed by atoms with Crippen molar-refractivity contribution in [2.24, 2.45) is 5.73 Å². The third-order valence-corrected chi connectivity index (χ3v) is 4.95. The number of hydrogen-bond donors (Lipinski definition) is 2. The Balaban J connectivity index is 3.02. The molecule has 0 bridgehead atoms. The van der Waals surface area contributed by atoms with Crippen molar-refractivity contribution in [2.75, 3.05) is 30.1 Å². The highest BCUT2D eigenvalue weighted by Gasteiger charge is 2.25. The molecule has 0 aliphatic heterocycles. The Hall–Kier alpha value is -1.57. The highest BCUT2D eigenvalue weighted by molar-refractivity contribution is 8.00. The molecule has 7 heteroatoms. The lowest BCUT2D eigenvalue weighted by Gasteiger charge is -2.32. The Labute approximate surface area is 153 Å². The molecule has 2 unspecified atom stereocenters. The lowest BCUT2D eigenvalue weighted by atomic mass is 10.0. The molecule has 140 valence electrons. The molecule has 1 rings (SSSR count). The number of benzene rings is 1. The molecular weight excluding hydrogens is 340 g/mol. The van der Waals surface area contributed by atoms with E-state index in [4.69, 9.17) is 15.6 Å². The molecule has 0 spiro atoms. The fourth-order valence-electron chi connectivity index (χ4n) is 2.67. The van der Waals surface area contributed by atoms with E-state index in [2.05, 4.69) is 6.92 Å². The van der Waals surface area contributed by atoms with Gasteiger partial charge in [-0.2, -0.15) is 0 Å². The topological polar surface area (TPSA) is 92.9 Å². The van der Waals surface area contributed by atoms with Gasteiger partial charge in [0.25, 0.3) is 0 Å². The van der Waals surface area contributed by atoms with E-state index >= 15 is 0 Å². The summed E-state index contributed by atoms with van der Waals surface area (Å²) in [6.45, 7) is 6.41. The fraction of sp³-hybridized carbons (Fsp3) is 0.556. The van der Waals surface area contributed by atoms with Crippen molar-refractivity contribution in [3.63, 3.8) is 0 Å². The van der Waals surface area contributed by atoms with E-state index in [1.54, 1.807) is 12.0 Å². The summed E-state index contributed by atoms with van der Waals surface area (Å²) in [6.07, 6.45) is 0.817. The van der Waals surface area contributed by atoms with E-state index in [0.717, 1.165) is 23.2 Å². The molecule has 1 aromatic carbocycles. The number of methoxy groups -OCH3 is 1. The Bertz CT molecular complexity index is 594. The SMILES string of the molecule is CCc1cccc(C)c1N(C(=O)CSCC(N)C(=O)O)C(C)COC. The maximum absolute atomic E-state index is 12.9. The molecule has 0 aliphatic carbocycles. The van der Waals surface area contributed by atoms with Gasteiger partial charge in [0.05, 0.1) is 24.1 Å². The number of carboxylic acids is 1. The first-order valence-electron chi connectivity index (χ1n) is 8.29. The number of ether oxygens (including phenoxy) is 1. The van der Waals surface area contributed by atoms with E-state index in [-0.39, 0.29) is 23.5 Å². The van der Waals surface area contributed by atoms with Gasteiger partial charge in [0.1, 0.15) is 6.04 Å². The predicted octanol–water partition coefficient (Wildman–Crippen LogP) is 2.07. The highest BCUT2D eigenvalue weighted by Crippen LogP contribution is 2.28. The number of aliphatic carboxylic acids is 1. The molecule has 0 saturated heterocycles. The minimum Gasteiger partial charge on any atom is -0.480 e.